The van der Waals surface area contributed by atoms with Crippen LogP contribution >= 0.6 is 24.8 Å². The maximum atomic E-state index is 14.2. The highest BCUT2D eigenvalue weighted by Crippen LogP contribution is 2.27. The smallest absolute Gasteiger partial charge is 0.256 e. The maximum Gasteiger partial charge on any atom is 0.256 e. The van der Waals surface area contributed by atoms with E-state index in [0.717, 1.165) is 12.1 Å². The van der Waals surface area contributed by atoms with Gasteiger partial charge in [0.1, 0.15) is 17.7 Å². The Hall–Kier alpha value is -2.97. The van der Waals surface area contributed by atoms with Crippen molar-refractivity contribution in [2.45, 2.75) is 26.9 Å². The number of nitrogens with one attached hydrogen (secondary N) is 2. The molecular formula is C25H32Cl2F2N6O2. The van der Waals surface area contributed by atoms with Crippen molar-refractivity contribution in [3.63, 3.8) is 0 Å². The summed E-state index contributed by atoms with van der Waals surface area (Å²) in [7, 11) is 1.60. The first-order chi connectivity index (χ1) is 16.7. The summed E-state index contributed by atoms with van der Waals surface area (Å²) in [4.78, 5) is 27.4. The predicted octanol–water partition coefficient (Wildman–Crippen LogP) is 2.91. The fourth-order valence-electron chi connectivity index (χ4n) is 4.01. The third kappa shape index (κ3) is 8.01. The number of benzene rings is 2. The minimum Gasteiger partial charge on any atom is -0.353 e. The number of aryl methyl sites for hydroxylation is 1. The summed E-state index contributed by atoms with van der Waals surface area (Å²) < 4.78 is 28.3. The summed E-state index contributed by atoms with van der Waals surface area (Å²) in [6.45, 7) is 5.70. The van der Waals surface area contributed by atoms with Crippen LogP contribution in [0, 0.1) is 29.9 Å². The van der Waals surface area contributed by atoms with E-state index in [9.17, 15) is 23.6 Å². The van der Waals surface area contributed by atoms with Crippen molar-refractivity contribution in [3.05, 3.63) is 64.2 Å². The Kier molecular flexibility index (Phi) is 12.7. The van der Waals surface area contributed by atoms with Crippen LogP contribution in [0.5, 0.6) is 0 Å². The molecule has 2 aromatic carbocycles. The number of halogens is 4. The molecule has 2 N–H and O–H groups in total. The molecule has 1 aliphatic rings. The average Bonchev–Trinajstić information content (AvgIpc) is 3.27. The topological polar surface area (TPSA) is 91.7 Å². The summed E-state index contributed by atoms with van der Waals surface area (Å²) in [5.41, 5.74) is 2.11. The van der Waals surface area contributed by atoms with Crippen LogP contribution in [0.25, 0.3) is 0 Å². The molecular weight excluding hydrogens is 525 g/mol. The lowest BCUT2D eigenvalue weighted by Gasteiger charge is -2.32. The second-order valence-electron chi connectivity index (χ2n) is 8.41. The van der Waals surface area contributed by atoms with Crippen LogP contribution in [0.15, 0.2) is 30.3 Å². The van der Waals surface area contributed by atoms with Gasteiger partial charge in [0, 0.05) is 44.5 Å². The van der Waals surface area contributed by atoms with Gasteiger partial charge in [-0.1, -0.05) is 19.1 Å². The van der Waals surface area contributed by atoms with Gasteiger partial charge in [-0.2, -0.15) is 5.26 Å². The number of nitrogens with zero attached hydrogens (tertiary/aromatic N) is 4. The van der Waals surface area contributed by atoms with Crippen LogP contribution < -0.4 is 15.5 Å². The summed E-state index contributed by atoms with van der Waals surface area (Å²) in [5.74, 6) is -1.62. The van der Waals surface area contributed by atoms with Crippen LogP contribution in [0.2, 0.25) is 0 Å². The van der Waals surface area contributed by atoms with Gasteiger partial charge in [-0.25, -0.2) is 13.8 Å². The quantitative estimate of drug-likeness (QED) is 0.437. The Labute approximate surface area is 228 Å². The lowest BCUT2D eigenvalue weighted by Crippen LogP contribution is -2.48. The fourth-order valence-corrected chi connectivity index (χ4v) is 4.01. The highest BCUT2D eigenvalue weighted by molar-refractivity contribution is 5.87. The van der Waals surface area contributed by atoms with Crippen LogP contribution in [-0.4, -0.2) is 61.6 Å². The first-order valence-electron chi connectivity index (χ1n) is 11.4. The van der Waals surface area contributed by atoms with Crippen LogP contribution in [0.1, 0.15) is 29.2 Å². The number of rotatable bonds is 10. The molecule has 0 fully saturated rings. The van der Waals surface area contributed by atoms with Crippen molar-refractivity contribution in [1.82, 2.24) is 20.7 Å². The van der Waals surface area contributed by atoms with E-state index in [1.54, 1.807) is 31.1 Å². The highest BCUT2D eigenvalue weighted by atomic mass is 35.5. The Bertz CT molecular complexity index is 1140. The number of carbonyl (C=O) groups is 2. The van der Waals surface area contributed by atoms with Crippen molar-refractivity contribution in [2.75, 3.05) is 44.7 Å². The second kappa shape index (κ2) is 14.7. The molecule has 37 heavy (non-hydrogen) atoms. The van der Waals surface area contributed by atoms with Crippen LogP contribution in [0.4, 0.5) is 14.5 Å². The molecule has 0 saturated heterocycles. The molecule has 0 atom stereocenters. The number of amides is 2. The van der Waals surface area contributed by atoms with Gasteiger partial charge in [-0.3, -0.25) is 14.6 Å². The third-order valence-electron chi connectivity index (χ3n) is 5.98. The largest absolute Gasteiger partial charge is 0.353 e. The zero-order valence-corrected chi connectivity index (χ0v) is 22.6. The number of hydrazine groups is 1. The molecule has 12 heteroatoms. The SMILES string of the molecule is CCNCCNC(=O)CN(CC(=O)N(C)N1Cc2cccc(F)c2C1)c1cc(C#N)c(F)cc1C.Cl.Cl. The Morgan fingerprint density at radius 3 is 2.49 bits per heavy atom. The molecule has 0 spiro atoms. The molecule has 0 aliphatic carbocycles. The third-order valence-corrected chi connectivity index (χ3v) is 5.98. The Morgan fingerprint density at radius 2 is 1.84 bits per heavy atom. The minimum absolute atomic E-state index is 0. The lowest BCUT2D eigenvalue weighted by molar-refractivity contribution is -0.145. The highest BCUT2D eigenvalue weighted by Gasteiger charge is 2.29. The maximum absolute atomic E-state index is 14.2. The number of hydrogen-bond donors (Lipinski definition) is 2. The van der Waals surface area contributed by atoms with Gasteiger partial charge < -0.3 is 15.5 Å². The molecule has 0 aromatic heterocycles. The predicted molar refractivity (Wildman–Crippen MR) is 143 cm³/mol. The van der Waals surface area contributed by atoms with Crippen molar-refractivity contribution < 1.29 is 18.4 Å². The van der Waals surface area contributed by atoms with Gasteiger partial charge in [-0.15, -0.1) is 24.8 Å². The van der Waals surface area contributed by atoms with Gasteiger partial charge in [0.2, 0.25) is 5.91 Å². The first-order valence-corrected chi connectivity index (χ1v) is 11.4. The monoisotopic (exact) mass is 556 g/mol. The normalized spacial score (nSPS) is 12.0. The van der Waals surface area contributed by atoms with Gasteiger partial charge in [0.15, 0.2) is 0 Å². The molecule has 2 amide bonds. The fraction of sp³-hybridized carbons (Fsp3) is 0.400. The number of carbonyl (C=O) groups excluding carboxylic acids is 2. The zero-order chi connectivity index (χ0) is 25.5. The van der Waals surface area contributed by atoms with Crippen molar-refractivity contribution in [1.29, 1.82) is 5.26 Å². The minimum atomic E-state index is -0.663. The van der Waals surface area contributed by atoms with Gasteiger partial charge in [0.25, 0.3) is 5.91 Å². The molecule has 1 aliphatic heterocycles. The number of anilines is 1. The molecule has 0 radical (unpaired) electrons. The van der Waals surface area contributed by atoms with Gasteiger partial charge in [0.05, 0.1) is 18.7 Å². The van der Waals surface area contributed by atoms with Crippen LogP contribution in [-0.2, 0) is 22.7 Å². The molecule has 0 unspecified atom stereocenters. The van der Waals surface area contributed by atoms with E-state index >= 15 is 0 Å². The van der Waals surface area contributed by atoms with E-state index in [0.29, 0.717) is 36.4 Å². The molecule has 202 valence electrons. The average molecular weight is 557 g/mol. The second-order valence-corrected chi connectivity index (χ2v) is 8.41. The standard InChI is InChI=1S/C25H30F2N6O2.2ClH/c1-4-29-8-9-30-24(34)15-32(23-11-19(12-28)22(27)10-17(23)2)16-25(35)31(3)33-13-18-6-5-7-21(26)20(18)14-33;;/h5-7,10-11,29H,4,8-9,13-16H2,1-3H3,(H,30,34);2*1H. The van der Waals surface area contributed by atoms with E-state index in [1.165, 1.54) is 28.1 Å². The number of fused-ring (bicyclic) bond motifs is 1. The molecule has 8 nitrogen and oxygen atoms in total. The Balaban J connectivity index is 0.00000342. The summed E-state index contributed by atoms with van der Waals surface area (Å²) in [6, 6.07) is 9.24. The number of hydrogen-bond acceptors (Lipinski definition) is 6. The molecule has 1 heterocycles. The summed E-state index contributed by atoms with van der Waals surface area (Å²) >= 11 is 0. The van der Waals surface area contributed by atoms with E-state index in [4.69, 9.17) is 0 Å². The van der Waals surface area contributed by atoms with Gasteiger partial charge in [-0.05, 0) is 42.8 Å². The number of likely N-dealkylation sites (N-methyl/N-ethyl adjacent to an activating group) is 2. The zero-order valence-electron chi connectivity index (χ0n) is 21.0. The van der Waals surface area contributed by atoms with E-state index < -0.39 is 5.82 Å². The molecule has 0 bridgehead atoms. The summed E-state index contributed by atoms with van der Waals surface area (Å²) in [6.07, 6.45) is 0. The summed E-state index contributed by atoms with van der Waals surface area (Å²) in [5, 5.41) is 18.3. The van der Waals surface area contributed by atoms with Crippen molar-refractivity contribution in [2.24, 2.45) is 0 Å². The Morgan fingerprint density at radius 1 is 1.11 bits per heavy atom. The van der Waals surface area contributed by atoms with E-state index in [2.05, 4.69) is 10.6 Å². The number of nitriles is 1. The van der Waals surface area contributed by atoms with Crippen molar-refractivity contribution in [3.8, 4) is 6.07 Å². The first kappa shape index (κ1) is 32.1. The van der Waals surface area contributed by atoms with Gasteiger partial charge >= 0.3 is 0 Å². The molecule has 2 aromatic rings. The van der Waals surface area contributed by atoms with E-state index in [1.807, 2.05) is 13.0 Å². The molecule has 3 rings (SSSR count). The van der Waals surface area contributed by atoms with Crippen molar-refractivity contribution >= 4 is 42.3 Å². The van der Waals surface area contributed by atoms with Crippen LogP contribution in [0.3, 0.4) is 0 Å². The lowest BCUT2D eigenvalue weighted by atomic mass is 10.1. The van der Waals surface area contributed by atoms with E-state index in [-0.39, 0.29) is 67.6 Å². The molecule has 0 saturated carbocycles.